The molecule has 0 atom stereocenters. The molecule has 1 aromatic rings. The second-order valence-electron chi connectivity index (χ2n) is 3.76. The first-order valence-electron chi connectivity index (χ1n) is 5.53. The minimum absolute atomic E-state index is 0.178. The van der Waals surface area contributed by atoms with E-state index < -0.39 is 17.6 Å². The van der Waals surface area contributed by atoms with Gasteiger partial charge >= 0.3 is 6.18 Å². The highest BCUT2D eigenvalue weighted by Gasteiger charge is 2.36. The third kappa shape index (κ3) is 4.11. The maximum atomic E-state index is 12.9. The van der Waals surface area contributed by atoms with Gasteiger partial charge in [0.15, 0.2) is 0 Å². The summed E-state index contributed by atoms with van der Waals surface area (Å²) in [6.07, 6.45) is -4.57. The van der Waals surface area contributed by atoms with Crippen LogP contribution in [-0.4, -0.2) is 29.8 Å². The summed E-state index contributed by atoms with van der Waals surface area (Å²) in [6.45, 7) is 2.21. The van der Waals surface area contributed by atoms with E-state index in [2.05, 4.69) is 15.9 Å². The zero-order chi connectivity index (χ0) is 14.6. The molecule has 0 aliphatic rings. The van der Waals surface area contributed by atoms with Crippen LogP contribution in [0, 0.1) is 0 Å². The molecule has 0 aromatic heterocycles. The van der Waals surface area contributed by atoms with E-state index in [1.54, 1.807) is 6.92 Å². The second-order valence-corrected chi connectivity index (χ2v) is 5.06. The lowest BCUT2D eigenvalue weighted by Gasteiger charge is -2.22. The van der Waals surface area contributed by atoms with Crippen molar-refractivity contribution in [3.05, 3.63) is 33.8 Å². The van der Waals surface area contributed by atoms with Crippen LogP contribution in [0.1, 0.15) is 22.8 Å². The molecule has 106 valence electrons. The Morgan fingerprint density at radius 1 is 1.42 bits per heavy atom. The lowest BCUT2D eigenvalue weighted by Crippen LogP contribution is -2.34. The number of rotatable bonds is 4. The van der Waals surface area contributed by atoms with Crippen LogP contribution >= 0.6 is 27.5 Å². The average Bonchev–Trinajstić information content (AvgIpc) is 2.34. The number of halogens is 5. The molecule has 2 nitrogen and oxygen atoms in total. The molecular formula is C12H12BrClF3NO. The first-order valence-corrected chi connectivity index (χ1v) is 6.86. The third-order valence-corrected chi connectivity index (χ3v) is 3.20. The number of carbonyl (C=O) groups excluding carboxylic acids is 1. The van der Waals surface area contributed by atoms with Crippen molar-refractivity contribution in [2.45, 2.75) is 13.1 Å². The largest absolute Gasteiger partial charge is 0.417 e. The molecule has 0 aliphatic carbocycles. The Labute approximate surface area is 122 Å². The Morgan fingerprint density at radius 3 is 2.53 bits per heavy atom. The molecule has 0 radical (unpaired) electrons. The maximum Gasteiger partial charge on any atom is 0.417 e. The highest BCUT2D eigenvalue weighted by molar-refractivity contribution is 9.10. The van der Waals surface area contributed by atoms with Gasteiger partial charge in [0, 0.05) is 23.4 Å². The van der Waals surface area contributed by atoms with E-state index in [0.29, 0.717) is 6.54 Å². The minimum atomic E-state index is -4.57. The number of nitrogens with zero attached hydrogens (tertiary/aromatic N) is 1. The van der Waals surface area contributed by atoms with Crippen LogP contribution in [0.5, 0.6) is 0 Å². The van der Waals surface area contributed by atoms with Crippen LogP contribution in [0.2, 0.25) is 0 Å². The van der Waals surface area contributed by atoms with Crippen LogP contribution < -0.4 is 0 Å². The molecule has 0 bridgehead atoms. The van der Waals surface area contributed by atoms with E-state index >= 15 is 0 Å². The van der Waals surface area contributed by atoms with Gasteiger partial charge in [-0.2, -0.15) is 13.2 Å². The van der Waals surface area contributed by atoms with E-state index in [9.17, 15) is 18.0 Å². The molecule has 19 heavy (non-hydrogen) atoms. The number of hydrogen-bond acceptors (Lipinski definition) is 1. The van der Waals surface area contributed by atoms with Crippen LogP contribution in [0.15, 0.2) is 22.7 Å². The van der Waals surface area contributed by atoms with E-state index in [0.717, 1.165) is 6.07 Å². The number of alkyl halides is 4. The standard InChI is InChI=1S/C12H12BrClF3NO/c1-2-18(6-5-14)11(19)9-4-3-8(13)7-10(9)12(15,16)17/h3-4,7H,2,5-6H2,1H3. The van der Waals surface area contributed by atoms with Crippen molar-refractivity contribution in [1.29, 1.82) is 0 Å². The fraction of sp³-hybridized carbons (Fsp3) is 0.417. The first-order chi connectivity index (χ1) is 8.81. The highest BCUT2D eigenvalue weighted by atomic mass is 79.9. The number of hydrogen-bond donors (Lipinski definition) is 0. The number of benzene rings is 1. The molecule has 0 saturated heterocycles. The van der Waals surface area contributed by atoms with Gasteiger partial charge < -0.3 is 4.90 Å². The summed E-state index contributed by atoms with van der Waals surface area (Å²) in [5.74, 6) is -0.486. The van der Waals surface area contributed by atoms with Gasteiger partial charge in [-0.25, -0.2) is 0 Å². The highest BCUT2D eigenvalue weighted by Crippen LogP contribution is 2.34. The Hall–Kier alpha value is -0.750. The van der Waals surface area contributed by atoms with Gasteiger partial charge in [0.2, 0.25) is 0 Å². The van der Waals surface area contributed by atoms with E-state index in [1.807, 2.05) is 0 Å². The Balaban J connectivity index is 3.22. The molecule has 0 fully saturated rings. The molecular weight excluding hydrogens is 346 g/mol. The summed E-state index contributed by atoms with van der Waals surface area (Å²) >= 11 is 8.51. The zero-order valence-electron chi connectivity index (χ0n) is 10.1. The second kappa shape index (κ2) is 6.61. The van der Waals surface area contributed by atoms with Crippen LogP contribution in [0.3, 0.4) is 0 Å². The number of carbonyl (C=O) groups is 1. The van der Waals surface area contributed by atoms with Gasteiger partial charge in [-0.1, -0.05) is 15.9 Å². The summed E-state index contributed by atoms with van der Waals surface area (Å²) in [5, 5.41) is 0. The van der Waals surface area contributed by atoms with Crippen LogP contribution in [0.25, 0.3) is 0 Å². The summed E-state index contributed by atoms with van der Waals surface area (Å²) in [5.41, 5.74) is -1.30. The fourth-order valence-corrected chi connectivity index (χ4v) is 2.18. The predicted octanol–water partition coefficient (Wildman–Crippen LogP) is 4.17. The number of amides is 1. The monoisotopic (exact) mass is 357 g/mol. The summed E-state index contributed by atoms with van der Waals surface area (Å²) in [7, 11) is 0. The predicted molar refractivity (Wildman–Crippen MR) is 71.4 cm³/mol. The van der Waals surface area contributed by atoms with E-state index in [-0.39, 0.29) is 22.5 Å². The SMILES string of the molecule is CCN(CCCl)C(=O)c1ccc(Br)cc1C(F)(F)F. The molecule has 1 aromatic carbocycles. The molecule has 0 heterocycles. The smallest absolute Gasteiger partial charge is 0.338 e. The summed E-state index contributed by atoms with van der Waals surface area (Å²) < 4.78 is 39.0. The average molecular weight is 359 g/mol. The first kappa shape index (κ1) is 16.3. The normalized spacial score (nSPS) is 11.5. The third-order valence-electron chi connectivity index (χ3n) is 2.54. The lowest BCUT2D eigenvalue weighted by atomic mass is 10.1. The van der Waals surface area contributed by atoms with Gasteiger partial charge in [-0.3, -0.25) is 4.79 Å². The Kier molecular flexibility index (Phi) is 5.67. The summed E-state index contributed by atoms with van der Waals surface area (Å²) in [4.78, 5) is 13.4. The molecule has 0 spiro atoms. The van der Waals surface area contributed by atoms with Gasteiger partial charge in [-0.05, 0) is 25.1 Å². The maximum absolute atomic E-state index is 12.9. The van der Waals surface area contributed by atoms with Crippen molar-refractivity contribution >= 4 is 33.4 Å². The zero-order valence-corrected chi connectivity index (χ0v) is 12.4. The van der Waals surface area contributed by atoms with Crippen LogP contribution in [0.4, 0.5) is 13.2 Å². The lowest BCUT2D eigenvalue weighted by molar-refractivity contribution is -0.138. The molecule has 7 heteroatoms. The molecule has 0 unspecified atom stereocenters. The van der Waals surface area contributed by atoms with Gasteiger partial charge in [0.25, 0.3) is 5.91 Å². The van der Waals surface area contributed by atoms with Crippen LogP contribution in [-0.2, 0) is 6.18 Å². The van der Waals surface area contributed by atoms with Gasteiger partial charge in [0.05, 0.1) is 11.1 Å². The van der Waals surface area contributed by atoms with E-state index in [4.69, 9.17) is 11.6 Å². The molecule has 0 saturated carbocycles. The van der Waals surface area contributed by atoms with Crippen molar-refractivity contribution in [3.8, 4) is 0 Å². The minimum Gasteiger partial charge on any atom is -0.338 e. The summed E-state index contributed by atoms with van der Waals surface area (Å²) in [6, 6.07) is 3.49. The Morgan fingerprint density at radius 2 is 2.05 bits per heavy atom. The molecule has 0 N–H and O–H groups in total. The van der Waals surface area contributed by atoms with Crippen molar-refractivity contribution in [2.75, 3.05) is 19.0 Å². The Bertz CT molecular complexity index is 465. The molecule has 0 aliphatic heterocycles. The topological polar surface area (TPSA) is 20.3 Å². The van der Waals surface area contributed by atoms with Crippen molar-refractivity contribution in [1.82, 2.24) is 4.90 Å². The fourth-order valence-electron chi connectivity index (χ4n) is 1.61. The van der Waals surface area contributed by atoms with Crippen molar-refractivity contribution in [2.24, 2.45) is 0 Å². The van der Waals surface area contributed by atoms with Gasteiger partial charge in [0.1, 0.15) is 0 Å². The molecule has 1 amide bonds. The van der Waals surface area contributed by atoms with Gasteiger partial charge in [-0.15, -0.1) is 11.6 Å². The van der Waals surface area contributed by atoms with Crippen molar-refractivity contribution in [3.63, 3.8) is 0 Å². The quantitative estimate of drug-likeness (QED) is 0.740. The van der Waals surface area contributed by atoms with Crippen molar-refractivity contribution < 1.29 is 18.0 Å². The molecule has 1 rings (SSSR count). The van der Waals surface area contributed by atoms with E-state index in [1.165, 1.54) is 17.0 Å².